The summed E-state index contributed by atoms with van der Waals surface area (Å²) in [7, 11) is 0. The van der Waals surface area contributed by atoms with E-state index in [0.717, 1.165) is 95.5 Å². The summed E-state index contributed by atoms with van der Waals surface area (Å²) >= 11 is 0. The van der Waals surface area contributed by atoms with Gasteiger partial charge in [-0.3, -0.25) is 4.79 Å². The molecule has 0 radical (unpaired) electrons. The summed E-state index contributed by atoms with van der Waals surface area (Å²) < 4.78 is 12.0. The lowest BCUT2D eigenvalue weighted by Gasteiger charge is -2.70. The summed E-state index contributed by atoms with van der Waals surface area (Å²) in [6.07, 6.45) is 16.6. The van der Waals surface area contributed by atoms with Gasteiger partial charge in [-0.05, 0) is 118 Å². The number of aliphatic hydroxyl groups excluding tert-OH is 2. The highest BCUT2D eigenvalue weighted by Crippen LogP contribution is 2.69. The average molecular weight is 721 g/mol. The van der Waals surface area contributed by atoms with E-state index in [1.807, 2.05) is 13.0 Å². The largest absolute Gasteiger partial charge is 0.462 e. The second-order valence-corrected chi connectivity index (χ2v) is 18.2. The van der Waals surface area contributed by atoms with Crippen molar-refractivity contribution in [2.45, 2.75) is 173 Å². The fourth-order valence-electron chi connectivity index (χ4n) is 12.1. The molecule has 4 fully saturated rings. The highest BCUT2D eigenvalue weighted by atomic mass is 16.5. The van der Waals surface area contributed by atoms with Crippen molar-refractivity contribution in [3.05, 3.63) is 47.5 Å². The van der Waals surface area contributed by atoms with Crippen LogP contribution in [0.1, 0.15) is 148 Å². The van der Waals surface area contributed by atoms with Gasteiger partial charge in [-0.15, -0.1) is 0 Å². The van der Waals surface area contributed by atoms with E-state index in [1.54, 1.807) is 0 Å². The van der Waals surface area contributed by atoms with Gasteiger partial charge in [0.1, 0.15) is 12.7 Å². The van der Waals surface area contributed by atoms with Crippen molar-refractivity contribution in [2.75, 3.05) is 6.61 Å². The van der Waals surface area contributed by atoms with Crippen LogP contribution in [0.5, 0.6) is 0 Å². The van der Waals surface area contributed by atoms with Crippen molar-refractivity contribution >= 4 is 11.9 Å². The maximum atomic E-state index is 14.0. The third-order valence-electron chi connectivity index (χ3n) is 15.0. The number of esters is 2. The highest BCUT2D eigenvalue weighted by Gasteiger charge is 2.74. The first kappa shape index (κ1) is 39.5. The van der Waals surface area contributed by atoms with Crippen molar-refractivity contribution in [3.63, 3.8) is 0 Å². The molecule has 1 aromatic rings. The van der Waals surface area contributed by atoms with Crippen LogP contribution in [0, 0.1) is 40.4 Å². The van der Waals surface area contributed by atoms with Crippen LogP contribution in [0.15, 0.2) is 42.0 Å². The second kappa shape index (κ2) is 17.1. The number of aryl methyl sites for hydroxylation is 1. The monoisotopic (exact) mass is 720 g/mol. The Morgan fingerprint density at radius 3 is 2.33 bits per heavy atom. The Hall–Kier alpha value is -2.22. The molecule has 3 N–H and O–H groups in total. The number of fused-ring (bicyclic) bond motifs is 1. The maximum absolute atomic E-state index is 14.0. The molecule has 7 nitrogen and oxygen atoms in total. The summed E-state index contributed by atoms with van der Waals surface area (Å²) in [5.41, 5.74) is -0.920. The van der Waals surface area contributed by atoms with Gasteiger partial charge in [-0.25, -0.2) is 4.79 Å². The zero-order valence-electron chi connectivity index (χ0n) is 32.4. The number of hydrogen-bond donors (Lipinski definition) is 3. The zero-order chi connectivity index (χ0) is 36.9. The Morgan fingerprint density at radius 2 is 1.65 bits per heavy atom. The standard InChI is InChI=1S/C45H68O7/c1-31(14-13-17-33-15-7-4-8-16-33)22-23-38(46)45-39(47)25-26-43(3,36-20-11-6-12-21-36)41(45)37(52-42(49)35-18-9-5-10-19-35)28-32(2)44(45,50)27-24-34-29-40(48)51-30-34/h4,7-8,15-16,29,31-32,35-39,41,46-47,50H,5-6,9-14,17-28,30H2,1-3H3/t31-,32-,37-,38+,39+,41+,43+,44-,45+/m1/s1. The molecule has 0 spiro atoms. The molecule has 0 amide bonds. The smallest absolute Gasteiger partial charge is 0.331 e. The number of aliphatic hydroxyl groups is 3. The number of cyclic esters (lactones) is 1. The topological polar surface area (TPSA) is 113 Å². The molecule has 4 aliphatic carbocycles. The molecule has 52 heavy (non-hydrogen) atoms. The molecule has 0 unspecified atom stereocenters. The van der Waals surface area contributed by atoms with Crippen LogP contribution in [-0.4, -0.2) is 57.8 Å². The molecule has 1 aliphatic heterocycles. The molecular weight excluding hydrogens is 652 g/mol. The van der Waals surface area contributed by atoms with Crippen molar-refractivity contribution in [1.82, 2.24) is 0 Å². The van der Waals surface area contributed by atoms with E-state index in [0.29, 0.717) is 43.9 Å². The first-order valence-corrected chi connectivity index (χ1v) is 21.2. The van der Waals surface area contributed by atoms with Crippen LogP contribution >= 0.6 is 0 Å². The molecule has 5 aliphatic rings. The lowest BCUT2D eigenvalue weighted by atomic mass is 9.37. The lowest BCUT2D eigenvalue weighted by Crippen LogP contribution is -2.77. The van der Waals surface area contributed by atoms with E-state index in [9.17, 15) is 24.9 Å². The first-order valence-electron chi connectivity index (χ1n) is 21.2. The Labute approximate surface area is 313 Å². The van der Waals surface area contributed by atoms with Crippen LogP contribution in [0.4, 0.5) is 0 Å². The van der Waals surface area contributed by atoms with Crippen LogP contribution in [-0.2, 0) is 25.5 Å². The second-order valence-electron chi connectivity index (χ2n) is 18.2. The average Bonchev–Trinajstić information content (AvgIpc) is 3.58. The van der Waals surface area contributed by atoms with E-state index < -0.39 is 35.2 Å². The molecule has 6 rings (SSSR count). The Kier molecular flexibility index (Phi) is 13.0. The molecule has 1 aromatic carbocycles. The third-order valence-corrected chi connectivity index (χ3v) is 15.0. The number of carbonyl (C=O) groups is 2. The number of carbonyl (C=O) groups excluding carboxylic acids is 2. The first-order chi connectivity index (χ1) is 25.0. The minimum atomic E-state index is -1.45. The number of hydrogen-bond acceptors (Lipinski definition) is 7. The summed E-state index contributed by atoms with van der Waals surface area (Å²) in [5.74, 6) is -0.631. The van der Waals surface area contributed by atoms with Crippen molar-refractivity contribution in [1.29, 1.82) is 0 Å². The fraction of sp³-hybridized carbons (Fsp3) is 0.778. The lowest BCUT2D eigenvalue weighted by molar-refractivity contribution is -0.327. The molecular formula is C45H68O7. The zero-order valence-corrected chi connectivity index (χ0v) is 32.4. The van der Waals surface area contributed by atoms with Crippen molar-refractivity contribution < 1.29 is 34.4 Å². The molecule has 0 bridgehead atoms. The van der Waals surface area contributed by atoms with Gasteiger partial charge in [0, 0.05) is 12.0 Å². The van der Waals surface area contributed by atoms with Crippen LogP contribution in [0.3, 0.4) is 0 Å². The molecule has 4 saturated carbocycles. The van der Waals surface area contributed by atoms with Gasteiger partial charge in [-0.1, -0.05) is 96.0 Å². The van der Waals surface area contributed by atoms with Gasteiger partial charge >= 0.3 is 11.9 Å². The van der Waals surface area contributed by atoms with Crippen LogP contribution in [0.2, 0.25) is 0 Å². The predicted molar refractivity (Wildman–Crippen MR) is 203 cm³/mol. The molecule has 1 heterocycles. The molecule has 0 aromatic heterocycles. The summed E-state index contributed by atoms with van der Waals surface area (Å²) in [6, 6.07) is 10.6. The number of benzene rings is 1. The minimum absolute atomic E-state index is 0.109. The Morgan fingerprint density at radius 1 is 0.962 bits per heavy atom. The van der Waals surface area contributed by atoms with Gasteiger partial charge in [0.2, 0.25) is 0 Å². The summed E-state index contributed by atoms with van der Waals surface area (Å²) in [5, 5.41) is 39.1. The van der Waals surface area contributed by atoms with E-state index in [2.05, 4.69) is 38.1 Å². The normalized spacial score (nSPS) is 35.7. The van der Waals surface area contributed by atoms with Crippen molar-refractivity contribution in [2.24, 2.45) is 40.4 Å². The predicted octanol–water partition coefficient (Wildman–Crippen LogP) is 8.66. The SMILES string of the molecule is C[C@H](CCCc1ccccc1)CC[C@H](O)[C@]12[C@@H]([C@H](OC(=O)C3CCCCC3)C[C@@H](C)[C@]1(O)CCC1=CC(=O)OC1)[C@](C)(C1CCCCC1)CC[C@@H]2O. The van der Waals surface area contributed by atoms with E-state index in [-0.39, 0.29) is 35.8 Å². The summed E-state index contributed by atoms with van der Waals surface area (Å²) in [4.78, 5) is 26.1. The van der Waals surface area contributed by atoms with Gasteiger partial charge in [0.25, 0.3) is 0 Å². The van der Waals surface area contributed by atoms with E-state index >= 15 is 0 Å². The van der Waals surface area contributed by atoms with Gasteiger partial charge < -0.3 is 24.8 Å². The van der Waals surface area contributed by atoms with E-state index in [4.69, 9.17) is 9.47 Å². The fourth-order valence-corrected chi connectivity index (χ4v) is 12.1. The molecule has 290 valence electrons. The highest BCUT2D eigenvalue weighted by molar-refractivity contribution is 5.85. The van der Waals surface area contributed by atoms with Gasteiger partial charge in [0.15, 0.2) is 0 Å². The van der Waals surface area contributed by atoms with Crippen molar-refractivity contribution in [3.8, 4) is 0 Å². The molecule has 9 atom stereocenters. The molecule has 0 saturated heterocycles. The maximum Gasteiger partial charge on any atom is 0.331 e. The Balaban J connectivity index is 1.36. The van der Waals surface area contributed by atoms with Crippen LogP contribution in [0.25, 0.3) is 0 Å². The summed E-state index contributed by atoms with van der Waals surface area (Å²) in [6.45, 7) is 6.84. The van der Waals surface area contributed by atoms with Gasteiger partial charge in [-0.2, -0.15) is 0 Å². The molecule has 7 heteroatoms. The number of rotatable bonds is 14. The van der Waals surface area contributed by atoms with E-state index in [1.165, 1.54) is 18.1 Å². The van der Waals surface area contributed by atoms with Crippen LogP contribution < -0.4 is 0 Å². The Bertz CT molecular complexity index is 1360. The van der Waals surface area contributed by atoms with Gasteiger partial charge in [0.05, 0.1) is 29.1 Å². The third kappa shape index (κ3) is 7.94. The minimum Gasteiger partial charge on any atom is -0.462 e. The number of ether oxygens (including phenoxy) is 2. The quantitative estimate of drug-likeness (QED) is 0.165.